The zero-order valence-electron chi connectivity index (χ0n) is 43.7. The number of aliphatic hydroxyl groups is 1. The van der Waals surface area contributed by atoms with Crippen LogP contribution in [0, 0.1) is 28.5 Å². The van der Waals surface area contributed by atoms with E-state index < -0.39 is 90.3 Å². The topological polar surface area (TPSA) is 200 Å². The van der Waals surface area contributed by atoms with Crippen LogP contribution in [0.15, 0.2) is 85.2 Å². The lowest BCUT2D eigenvalue weighted by Crippen LogP contribution is -2.63. The summed E-state index contributed by atoms with van der Waals surface area (Å²) in [7, 11) is 1.73. The number of methoxy groups -OCH3 is 2. The number of nitrogens with one attached hydrogen (secondary N) is 4. The number of fused-ring (bicyclic) bond motifs is 2. The van der Waals surface area contributed by atoms with Crippen LogP contribution in [0.1, 0.15) is 62.8 Å². The number of alkyl carbamates (subject to hydrolysis) is 2. The van der Waals surface area contributed by atoms with Gasteiger partial charge in [0.15, 0.2) is 0 Å². The van der Waals surface area contributed by atoms with E-state index in [4.69, 9.17) is 9.72 Å². The Balaban J connectivity index is 1.16. The molecular formula is C54H62F7N9O8. The molecule has 0 spiro atoms. The lowest BCUT2D eigenvalue weighted by atomic mass is 9.82. The number of benzene rings is 2. The molecule has 5 N–H and O–H groups in total. The molecule has 0 saturated carbocycles. The van der Waals surface area contributed by atoms with Gasteiger partial charge in [-0.1, -0.05) is 42.2 Å². The zero-order valence-corrected chi connectivity index (χ0v) is 43.7. The molecule has 3 aliphatic rings. The normalized spacial score (nSPS) is 18.6. The monoisotopic (exact) mass is 1100 g/mol. The van der Waals surface area contributed by atoms with Gasteiger partial charge in [0, 0.05) is 72.9 Å². The van der Waals surface area contributed by atoms with Gasteiger partial charge in [0.2, 0.25) is 5.91 Å². The first kappa shape index (κ1) is 58.6. The van der Waals surface area contributed by atoms with Gasteiger partial charge >= 0.3 is 24.5 Å². The van der Waals surface area contributed by atoms with E-state index in [9.17, 15) is 50.6 Å². The van der Waals surface area contributed by atoms with Gasteiger partial charge in [0.05, 0.1) is 62.1 Å². The van der Waals surface area contributed by atoms with Crippen LogP contribution in [0.5, 0.6) is 0 Å². The molecule has 3 unspecified atom stereocenters. The number of amides is 4. The first-order valence-corrected chi connectivity index (χ1v) is 25.0. The Kier molecular flexibility index (Phi) is 18.3. The summed E-state index contributed by atoms with van der Waals surface area (Å²) in [5.41, 5.74) is -1.62. The van der Waals surface area contributed by atoms with E-state index in [2.05, 4.69) is 46.8 Å². The Hall–Kier alpha value is -7.07. The first-order chi connectivity index (χ1) is 36.8. The number of carbonyl (C=O) groups excluding carboxylic acids is 4. The highest BCUT2D eigenvalue weighted by Gasteiger charge is 2.57. The molecule has 3 saturated heterocycles. The van der Waals surface area contributed by atoms with Crippen LogP contribution in [-0.4, -0.2) is 151 Å². The molecule has 4 amide bonds. The van der Waals surface area contributed by atoms with Crippen molar-refractivity contribution in [1.82, 2.24) is 41.3 Å². The molecule has 5 heterocycles. The number of pyridine rings is 2. The van der Waals surface area contributed by atoms with Crippen LogP contribution in [0.2, 0.25) is 0 Å². The van der Waals surface area contributed by atoms with Crippen LogP contribution < -0.4 is 26.3 Å². The minimum atomic E-state index is -5.12. The number of alkyl halides is 6. The molecule has 2 aromatic heterocycles. The molecular weight excluding hydrogens is 1040 g/mol. The number of rotatable bonds is 18. The maximum atomic E-state index is 16.0. The van der Waals surface area contributed by atoms with Crippen molar-refractivity contribution in [3.8, 4) is 23.1 Å². The van der Waals surface area contributed by atoms with E-state index in [1.165, 1.54) is 18.3 Å². The highest BCUT2D eigenvalue weighted by molar-refractivity contribution is 5.87. The van der Waals surface area contributed by atoms with Gasteiger partial charge in [-0.15, -0.1) is 0 Å². The van der Waals surface area contributed by atoms with Gasteiger partial charge in [-0.2, -0.15) is 26.3 Å². The fraction of sp³-hybridized carbons (Fsp3) is 0.481. The quantitative estimate of drug-likeness (QED) is 0.0424. The van der Waals surface area contributed by atoms with Crippen LogP contribution in [0.3, 0.4) is 0 Å². The van der Waals surface area contributed by atoms with Crippen molar-refractivity contribution in [2.24, 2.45) is 10.8 Å². The number of hydrazine groups is 1. The third-order valence-corrected chi connectivity index (χ3v) is 14.6. The van der Waals surface area contributed by atoms with Crippen LogP contribution in [0.4, 0.5) is 46.1 Å². The van der Waals surface area contributed by atoms with Gasteiger partial charge in [-0.05, 0) is 95.0 Å². The van der Waals surface area contributed by atoms with Crippen LogP contribution in [0.25, 0.3) is 11.3 Å². The summed E-state index contributed by atoms with van der Waals surface area (Å²) in [4.78, 5) is 66.7. The van der Waals surface area contributed by atoms with Crippen molar-refractivity contribution in [2.75, 3.05) is 52.0 Å². The van der Waals surface area contributed by atoms with Crippen molar-refractivity contribution in [3.05, 3.63) is 113 Å². The molecule has 2 aromatic carbocycles. The predicted octanol–water partition coefficient (Wildman–Crippen LogP) is 6.28. The van der Waals surface area contributed by atoms with Crippen molar-refractivity contribution in [2.45, 2.75) is 108 Å². The highest BCUT2D eigenvalue weighted by Crippen LogP contribution is 2.42. The van der Waals surface area contributed by atoms with Gasteiger partial charge in [0.1, 0.15) is 23.7 Å². The number of anilines is 1. The number of aromatic nitrogens is 2. The van der Waals surface area contributed by atoms with E-state index in [0.29, 0.717) is 73.8 Å². The van der Waals surface area contributed by atoms with Crippen molar-refractivity contribution in [1.29, 1.82) is 0 Å². The standard InChI is InChI=1S/C54H62F7N9O8/c1-51(2,53(56,57)58)45(65-49(74)76-5)47(72)64-42(23-33-13-10-32(11-14-33)12-15-34-16-21-44(63-25-34)68-27-37-19-20-38(28-68)70(37)39-30-78-31-39)43(71)29-69(26-36-18-17-35(24-40(36)55)41-9-7-8-22-62-41)67-48(73)46(66-50(75)77-6)52(3,4)54(59,60)61/h7-11,13-14,16-18,21-22,24-25,37-39,42-43,45-46,71H,19-20,23,26-31H2,1-6H3,(H,64,72)(H,65,74)(H,66,75)(H,67,73)/t37?,38?,42-,43-,45?,46+/m0/s1. The number of carbonyl (C=O) groups is 4. The van der Waals surface area contributed by atoms with Gasteiger partial charge in [-0.25, -0.2) is 24.0 Å². The summed E-state index contributed by atoms with van der Waals surface area (Å²) >= 11 is 0. The number of halogens is 7. The third kappa shape index (κ3) is 13.8. The number of hydrogen-bond acceptors (Lipinski definition) is 13. The minimum Gasteiger partial charge on any atom is -0.453 e. The Morgan fingerprint density at radius 2 is 1.36 bits per heavy atom. The predicted molar refractivity (Wildman–Crippen MR) is 270 cm³/mol. The van der Waals surface area contributed by atoms with Crippen molar-refractivity contribution < 1.29 is 69.2 Å². The highest BCUT2D eigenvalue weighted by atomic mass is 19.4. The van der Waals surface area contributed by atoms with Gasteiger partial charge in [0.25, 0.3) is 5.91 Å². The van der Waals surface area contributed by atoms with Crippen molar-refractivity contribution in [3.63, 3.8) is 0 Å². The Bertz CT molecular complexity index is 2800. The maximum Gasteiger partial charge on any atom is 0.407 e. The smallest absolute Gasteiger partial charge is 0.407 e. The molecule has 0 aliphatic carbocycles. The van der Waals surface area contributed by atoms with Gasteiger partial charge < -0.3 is 40.2 Å². The molecule has 2 bridgehead atoms. The molecule has 6 atom stereocenters. The molecule has 17 nitrogen and oxygen atoms in total. The minimum absolute atomic E-state index is 0.173. The third-order valence-electron chi connectivity index (χ3n) is 14.6. The SMILES string of the molecule is COC(=O)NC(C(=O)N[C@@H](Cc1ccc(C#Cc2ccc(N3CC4CCC(C3)N4C3COC3)nc2)cc1)[C@@H](O)CN(Cc1ccc(-c2ccccn2)cc1F)NC(=O)[C@@H](NC(=O)OC)C(C)(C)C(F)(F)F)C(C)(C)C(F)(F)F. The molecule has 4 aromatic rings. The second-order valence-corrected chi connectivity index (χ2v) is 20.6. The number of hydrogen-bond donors (Lipinski definition) is 5. The fourth-order valence-electron chi connectivity index (χ4n) is 9.56. The molecule has 78 heavy (non-hydrogen) atoms. The maximum absolute atomic E-state index is 16.0. The summed E-state index contributed by atoms with van der Waals surface area (Å²) in [6.45, 7) is 4.34. The molecule has 3 fully saturated rings. The average Bonchev–Trinajstić information content (AvgIpc) is 3.82. The van der Waals surface area contributed by atoms with E-state index >= 15 is 4.39 Å². The second kappa shape index (κ2) is 24.3. The second-order valence-electron chi connectivity index (χ2n) is 20.6. The summed E-state index contributed by atoms with van der Waals surface area (Å²) in [5.74, 6) is 3.18. The lowest BCUT2D eigenvalue weighted by molar-refractivity contribution is -0.221. The van der Waals surface area contributed by atoms with Gasteiger partial charge in [-0.3, -0.25) is 24.9 Å². The zero-order chi connectivity index (χ0) is 56.7. The van der Waals surface area contributed by atoms with Crippen molar-refractivity contribution >= 4 is 29.8 Å². The molecule has 420 valence electrons. The Morgan fingerprint density at radius 3 is 1.87 bits per heavy atom. The average molecular weight is 1100 g/mol. The number of aliphatic hydroxyl groups excluding tert-OH is 1. The summed E-state index contributed by atoms with van der Waals surface area (Å²) in [6, 6.07) is 14.0. The molecule has 7 rings (SSSR count). The van der Waals surface area contributed by atoms with E-state index in [-0.39, 0.29) is 12.0 Å². The van der Waals surface area contributed by atoms with E-state index in [1.807, 2.05) is 22.8 Å². The summed E-state index contributed by atoms with van der Waals surface area (Å²) in [6.07, 6.45) is -9.90. The fourth-order valence-corrected chi connectivity index (χ4v) is 9.56. The van der Waals surface area contributed by atoms with E-state index in [0.717, 1.165) is 70.3 Å². The summed E-state index contributed by atoms with van der Waals surface area (Å²) < 4.78 is 118. The van der Waals surface area contributed by atoms with Crippen LogP contribution >= 0.6 is 0 Å². The first-order valence-electron chi connectivity index (χ1n) is 25.0. The lowest BCUT2D eigenvalue weighted by Gasteiger charge is -2.47. The largest absolute Gasteiger partial charge is 0.453 e. The Labute approximate surface area is 446 Å². The Morgan fingerprint density at radius 1 is 0.769 bits per heavy atom. The summed E-state index contributed by atoms with van der Waals surface area (Å²) in [5, 5.41) is 19.1. The number of ether oxygens (including phenoxy) is 3. The van der Waals surface area contributed by atoms with E-state index in [1.54, 1.807) is 48.7 Å². The number of nitrogens with zero attached hydrogens (tertiary/aromatic N) is 5. The molecule has 0 radical (unpaired) electrons. The number of piperazine rings is 1. The molecule has 24 heteroatoms. The molecule has 3 aliphatic heterocycles. The van der Waals surface area contributed by atoms with Crippen LogP contribution in [-0.2, 0) is 36.8 Å².